The molecule has 22 heavy (non-hydrogen) atoms. The predicted molar refractivity (Wildman–Crippen MR) is 85.5 cm³/mol. The summed E-state index contributed by atoms with van der Waals surface area (Å²) in [5, 5.41) is 0. The van der Waals surface area contributed by atoms with Crippen LogP contribution < -0.4 is 0 Å². The highest BCUT2D eigenvalue weighted by atomic mass is 16.7. The van der Waals surface area contributed by atoms with Gasteiger partial charge in [0.1, 0.15) is 0 Å². The van der Waals surface area contributed by atoms with Gasteiger partial charge < -0.3 is 14.0 Å². The highest BCUT2D eigenvalue weighted by Crippen LogP contribution is 2.36. The van der Waals surface area contributed by atoms with Crippen LogP contribution in [0.4, 0.5) is 0 Å². The molecule has 3 rings (SSSR count). The van der Waals surface area contributed by atoms with Crippen LogP contribution in [0.2, 0.25) is 0 Å². The molecule has 1 saturated heterocycles. The Labute approximate surface area is 132 Å². The fourth-order valence-corrected chi connectivity index (χ4v) is 3.04. The van der Waals surface area contributed by atoms with Crippen LogP contribution in [-0.2, 0) is 28.2 Å². The lowest BCUT2D eigenvalue weighted by Gasteiger charge is -2.28. The summed E-state index contributed by atoms with van der Waals surface area (Å²) in [7, 11) is 0. The van der Waals surface area contributed by atoms with E-state index in [1.807, 2.05) is 18.7 Å². The maximum absolute atomic E-state index is 6.00. The second-order valence-electron chi connectivity index (χ2n) is 5.80. The molecule has 0 atom stereocenters. The van der Waals surface area contributed by atoms with E-state index in [1.165, 1.54) is 12.0 Å². The van der Waals surface area contributed by atoms with Crippen molar-refractivity contribution in [3.05, 3.63) is 54.1 Å². The zero-order chi connectivity index (χ0) is 15.3. The standard InChI is InChI=1S/C18H24N2O2/c1-2-4-16-5-7-17(8-6-16)18(21-13-14-22-18)9-3-11-20-12-10-19-15-20/h5-8,10,12,15H,2-4,9,11,13-14H2,1H3. The summed E-state index contributed by atoms with van der Waals surface area (Å²) < 4.78 is 14.1. The summed E-state index contributed by atoms with van der Waals surface area (Å²) in [4.78, 5) is 4.08. The van der Waals surface area contributed by atoms with Gasteiger partial charge in [-0.25, -0.2) is 4.98 Å². The smallest absolute Gasteiger partial charge is 0.195 e. The highest BCUT2D eigenvalue weighted by molar-refractivity contribution is 5.26. The molecule has 1 aliphatic rings. The minimum Gasteiger partial charge on any atom is -0.343 e. The van der Waals surface area contributed by atoms with Crippen LogP contribution >= 0.6 is 0 Å². The van der Waals surface area contributed by atoms with Gasteiger partial charge in [-0.3, -0.25) is 0 Å². The molecule has 4 nitrogen and oxygen atoms in total. The van der Waals surface area contributed by atoms with E-state index in [-0.39, 0.29) is 0 Å². The Bertz CT molecular complexity index is 557. The molecule has 2 aromatic rings. The van der Waals surface area contributed by atoms with Crippen LogP contribution in [0.15, 0.2) is 43.0 Å². The van der Waals surface area contributed by atoms with E-state index < -0.39 is 5.79 Å². The van der Waals surface area contributed by atoms with Gasteiger partial charge in [0.2, 0.25) is 0 Å². The van der Waals surface area contributed by atoms with Gasteiger partial charge >= 0.3 is 0 Å². The zero-order valence-electron chi connectivity index (χ0n) is 13.2. The van der Waals surface area contributed by atoms with Gasteiger partial charge in [-0.05, 0) is 18.4 Å². The van der Waals surface area contributed by atoms with E-state index in [9.17, 15) is 0 Å². The summed E-state index contributed by atoms with van der Waals surface area (Å²) in [5.74, 6) is -0.564. The second kappa shape index (κ2) is 7.07. The molecule has 1 fully saturated rings. The van der Waals surface area contributed by atoms with Crippen molar-refractivity contribution in [2.24, 2.45) is 0 Å². The number of aromatic nitrogens is 2. The minimum absolute atomic E-state index is 0.564. The summed E-state index contributed by atoms with van der Waals surface area (Å²) >= 11 is 0. The number of hydrogen-bond acceptors (Lipinski definition) is 3. The van der Waals surface area contributed by atoms with Crippen LogP contribution in [0.25, 0.3) is 0 Å². The first-order valence-corrected chi connectivity index (χ1v) is 8.15. The van der Waals surface area contributed by atoms with Gasteiger partial charge in [0.25, 0.3) is 0 Å². The number of aryl methyl sites for hydroxylation is 2. The number of imidazole rings is 1. The van der Waals surface area contributed by atoms with Crippen molar-refractivity contribution < 1.29 is 9.47 Å². The number of benzene rings is 1. The Kier molecular flexibility index (Phi) is 4.90. The van der Waals surface area contributed by atoms with Gasteiger partial charge in [0.05, 0.1) is 19.5 Å². The van der Waals surface area contributed by atoms with Gasteiger partial charge in [0, 0.05) is 30.9 Å². The first kappa shape index (κ1) is 15.3. The molecule has 1 aromatic heterocycles. The molecule has 0 unspecified atom stereocenters. The largest absolute Gasteiger partial charge is 0.343 e. The summed E-state index contributed by atoms with van der Waals surface area (Å²) in [5.41, 5.74) is 2.51. The molecule has 2 heterocycles. The molecule has 1 aromatic carbocycles. The first-order chi connectivity index (χ1) is 10.8. The molecule has 118 valence electrons. The SMILES string of the molecule is CCCc1ccc(C2(CCCn3ccnc3)OCCO2)cc1. The predicted octanol–water partition coefficient (Wildman–Crippen LogP) is 3.52. The van der Waals surface area contributed by atoms with E-state index >= 15 is 0 Å². The molecule has 0 saturated carbocycles. The van der Waals surface area contributed by atoms with E-state index in [0.29, 0.717) is 13.2 Å². The van der Waals surface area contributed by atoms with Crippen molar-refractivity contribution in [3.8, 4) is 0 Å². The van der Waals surface area contributed by atoms with E-state index in [1.54, 1.807) is 0 Å². The van der Waals surface area contributed by atoms with Crippen LogP contribution in [0.5, 0.6) is 0 Å². The molecular formula is C18H24N2O2. The van der Waals surface area contributed by atoms with Crippen molar-refractivity contribution in [1.29, 1.82) is 0 Å². The van der Waals surface area contributed by atoms with Crippen LogP contribution in [0.1, 0.15) is 37.3 Å². The van der Waals surface area contributed by atoms with Gasteiger partial charge in [0.15, 0.2) is 5.79 Å². The molecule has 0 aliphatic carbocycles. The Morgan fingerprint density at radius 3 is 2.59 bits per heavy atom. The lowest BCUT2D eigenvalue weighted by molar-refractivity contribution is -0.172. The first-order valence-electron chi connectivity index (χ1n) is 8.15. The quantitative estimate of drug-likeness (QED) is 0.785. The Balaban J connectivity index is 1.67. The third kappa shape index (κ3) is 3.39. The second-order valence-corrected chi connectivity index (χ2v) is 5.80. The zero-order valence-corrected chi connectivity index (χ0v) is 13.2. The molecule has 4 heteroatoms. The summed E-state index contributed by atoms with van der Waals surface area (Å²) in [6, 6.07) is 8.71. The monoisotopic (exact) mass is 300 g/mol. The third-order valence-electron chi connectivity index (χ3n) is 4.17. The van der Waals surface area contributed by atoms with Crippen molar-refractivity contribution in [2.75, 3.05) is 13.2 Å². The fraction of sp³-hybridized carbons (Fsp3) is 0.500. The molecule has 0 amide bonds. The van der Waals surface area contributed by atoms with Gasteiger partial charge in [-0.15, -0.1) is 0 Å². The Morgan fingerprint density at radius 2 is 1.95 bits per heavy atom. The molecule has 0 N–H and O–H groups in total. The lowest BCUT2D eigenvalue weighted by atomic mass is 9.98. The van der Waals surface area contributed by atoms with Crippen LogP contribution in [0, 0.1) is 0 Å². The highest BCUT2D eigenvalue weighted by Gasteiger charge is 2.37. The van der Waals surface area contributed by atoms with Crippen molar-refractivity contribution in [3.63, 3.8) is 0 Å². The van der Waals surface area contributed by atoms with E-state index in [2.05, 4.69) is 40.7 Å². The number of nitrogens with zero attached hydrogens (tertiary/aromatic N) is 2. The molecule has 1 aliphatic heterocycles. The lowest BCUT2D eigenvalue weighted by Crippen LogP contribution is -2.27. The third-order valence-corrected chi connectivity index (χ3v) is 4.17. The van der Waals surface area contributed by atoms with Gasteiger partial charge in [-0.2, -0.15) is 0 Å². The fourth-order valence-electron chi connectivity index (χ4n) is 3.04. The van der Waals surface area contributed by atoms with E-state index in [0.717, 1.165) is 31.4 Å². The Morgan fingerprint density at radius 1 is 1.18 bits per heavy atom. The van der Waals surface area contributed by atoms with Crippen LogP contribution in [0.3, 0.4) is 0 Å². The minimum atomic E-state index is -0.564. The maximum Gasteiger partial charge on any atom is 0.195 e. The number of hydrogen-bond donors (Lipinski definition) is 0. The van der Waals surface area contributed by atoms with Gasteiger partial charge in [-0.1, -0.05) is 37.6 Å². The summed E-state index contributed by atoms with van der Waals surface area (Å²) in [6.45, 7) is 4.47. The average molecular weight is 300 g/mol. The van der Waals surface area contributed by atoms with Crippen molar-refractivity contribution in [1.82, 2.24) is 9.55 Å². The number of rotatable bonds is 7. The molecule has 0 spiro atoms. The topological polar surface area (TPSA) is 36.3 Å². The molecule has 0 radical (unpaired) electrons. The summed E-state index contributed by atoms with van der Waals surface area (Å²) in [6.07, 6.45) is 9.79. The average Bonchev–Trinajstić information content (AvgIpc) is 3.21. The number of ether oxygens (including phenoxy) is 2. The van der Waals surface area contributed by atoms with E-state index in [4.69, 9.17) is 9.47 Å². The maximum atomic E-state index is 6.00. The van der Waals surface area contributed by atoms with Crippen molar-refractivity contribution >= 4 is 0 Å². The Hall–Kier alpha value is -1.65. The van der Waals surface area contributed by atoms with Crippen molar-refractivity contribution in [2.45, 2.75) is 44.9 Å². The van der Waals surface area contributed by atoms with Crippen LogP contribution in [-0.4, -0.2) is 22.8 Å². The molecular weight excluding hydrogens is 276 g/mol. The normalized spacial score (nSPS) is 17.0. The molecule has 0 bridgehead atoms.